The Balaban J connectivity index is 2.41. The van der Waals surface area contributed by atoms with Gasteiger partial charge in [-0.15, -0.1) is 0 Å². The number of anilines is 1. The third-order valence-corrected chi connectivity index (χ3v) is 4.99. The van der Waals surface area contributed by atoms with Crippen molar-refractivity contribution in [1.82, 2.24) is 4.31 Å². The van der Waals surface area contributed by atoms with Crippen molar-refractivity contribution in [2.75, 3.05) is 38.7 Å². The zero-order valence-corrected chi connectivity index (χ0v) is 11.8. The predicted molar refractivity (Wildman–Crippen MR) is 72.5 cm³/mol. The van der Waals surface area contributed by atoms with Gasteiger partial charge in [0.1, 0.15) is 0 Å². The van der Waals surface area contributed by atoms with Crippen LogP contribution in [0.3, 0.4) is 0 Å². The van der Waals surface area contributed by atoms with Crippen molar-refractivity contribution in [1.29, 1.82) is 0 Å². The highest BCUT2D eigenvalue weighted by Gasteiger charge is 2.27. The molecular formula is C12H16N2O5S. The molecular weight excluding hydrogens is 284 g/mol. The molecule has 0 spiro atoms. The van der Waals surface area contributed by atoms with Crippen molar-refractivity contribution in [2.24, 2.45) is 0 Å². The van der Waals surface area contributed by atoms with Gasteiger partial charge in [0.15, 0.2) is 0 Å². The van der Waals surface area contributed by atoms with Gasteiger partial charge in [-0.25, -0.2) is 13.2 Å². The first kappa shape index (κ1) is 14.8. The van der Waals surface area contributed by atoms with Gasteiger partial charge in [-0.1, -0.05) is 0 Å². The third-order valence-electron chi connectivity index (χ3n) is 3.10. The number of rotatable bonds is 4. The molecule has 1 saturated heterocycles. The number of aromatic carboxylic acids is 1. The molecule has 8 heteroatoms. The van der Waals surface area contributed by atoms with Crippen LogP contribution < -0.4 is 5.32 Å². The van der Waals surface area contributed by atoms with Crippen LogP contribution in [0.1, 0.15) is 10.4 Å². The van der Waals surface area contributed by atoms with Gasteiger partial charge < -0.3 is 15.2 Å². The molecule has 1 aliphatic rings. The van der Waals surface area contributed by atoms with Gasteiger partial charge in [-0.2, -0.15) is 4.31 Å². The van der Waals surface area contributed by atoms with Gasteiger partial charge in [0.2, 0.25) is 10.0 Å². The lowest BCUT2D eigenvalue weighted by Gasteiger charge is -2.26. The summed E-state index contributed by atoms with van der Waals surface area (Å²) in [7, 11) is -2.10. The lowest BCUT2D eigenvalue weighted by atomic mass is 10.2. The van der Waals surface area contributed by atoms with Crippen molar-refractivity contribution in [3.8, 4) is 0 Å². The van der Waals surface area contributed by atoms with E-state index in [2.05, 4.69) is 5.32 Å². The van der Waals surface area contributed by atoms with Crippen LogP contribution in [0.25, 0.3) is 0 Å². The first-order valence-corrected chi connectivity index (χ1v) is 7.54. The maximum absolute atomic E-state index is 12.4. The number of carboxylic acid groups (broad SMARTS) is 1. The Morgan fingerprint density at radius 3 is 2.55 bits per heavy atom. The number of morpholine rings is 1. The maximum atomic E-state index is 12.4. The highest BCUT2D eigenvalue weighted by Crippen LogP contribution is 2.23. The SMILES string of the molecule is CNc1ccc(S(=O)(=O)N2CCOCC2)cc1C(=O)O. The Morgan fingerprint density at radius 1 is 1.35 bits per heavy atom. The van der Waals surface area contributed by atoms with Crippen LogP contribution in [0.15, 0.2) is 23.1 Å². The molecule has 1 aliphatic heterocycles. The highest BCUT2D eigenvalue weighted by molar-refractivity contribution is 7.89. The summed E-state index contributed by atoms with van der Waals surface area (Å²) in [6.45, 7) is 1.25. The largest absolute Gasteiger partial charge is 0.478 e. The second-order valence-corrected chi connectivity index (χ2v) is 6.22. The van der Waals surface area contributed by atoms with Gasteiger partial charge >= 0.3 is 5.97 Å². The second kappa shape index (κ2) is 5.78. The lowest BCUT2D eigenvalue weighted by molar-refractivity contribution is 0.0697. The Kier molecular flexibility index (Phi) is 4.26. The molecule has 0 radical (unpaired) electrons. The van der Waals surface area contributed by atoms with Crippen molar-refractivity contribution in [3.63, 3.8) is 0 Å². The molecule has 0 bridgehead atoms. The summed E-state index contributed by atoms with van der Waals surface area (Å²) in [5.41, 5.74) is 0.306. The molecule has 110 valence electrons. The number of carbonyl (C=O) groups is 1. The van der Waals surface area contributed by atoms with Crippen molar-refractivity contribution in [3.05, 3.63) is 23.8 Å². The summed E-state index contributed by atoms with van der Waals surface area (Å²) in [6.07, 6.45) is 0. The van der Waals surface area contributed by atoms with E-state index in [1.807, 2.05) is 0 Å². The van der Waals surface area contributed by atoms with E-state index in [1.54, 1.807) is 7.05 Å². The minimum atomic E-state index is -3.68. The summed E-state index contributed by atoms with van der Waals surface area (Å²) >= 11 is 0. The first-order chi connectivity index (χ1) is 9.46. The average molecular weight is 300 g/mol. The summed E-state index contributed by atoms with van der Waals surface area (Å²) in [5.74, 6) is -1.17. The quantitative estimate of drug-likeness (QED) is 0.838. The molecule has 0 aromatic heterocycles. The Hall–Kier alpha value is -1.64. The zero-order chi connectivity index (χ0) is 14.8. The molecule has 1 fully saturated rings. The molecule has 0 saturated carbocycles. The summed E-state index contributed by atoms with van der Waals surface area (Å²) < 4.78 is 31.3. The van der Waals surface area contributed by atoms with Gasteiger partial charge in [-0.05, 0) is 18.2 Å². The minimum absolute atomic E-state index is 0.0178. The first-order valence-electron chi connectivity index (χ1n) is 6.10. The fourth-order valence-electron chi connectivity index (χ4n) is 2.01. The molecule has 0 unspecified atom stereocenters. The number of carboxylic acids is 1. The van der Waals surface area contributed by atoms with Crippen molar-refractivity contribution < 1.29 is 23.1 Å². The van der Waals surface area contributed by atoms with E-state index < -0.39 is 16.0 Å². The molecule has 2 rings (SSSR count). The van der Waals surface area contributed by atoms with Crippen LogP contribution >= 0.6 is 0 Å². The zero-order valence-electron chi connectivity index (χ0n) is 11.0. The van der Waals surface area contributed by atoms with Gasteiger partial charge in [0.25, 0.3) is 0 Å². The number of hydrogen-bond donors (Lipinski definition) is 2. The van der Waals surface area contributed by atoms with Crippen LogP contribution in [0.5, 0.6) is 0 Å². The minimum Gasteiger partial charge on any atom is -0.478 e. The number of nitrogens with zero attached hydrogens (tertiary/aromatic N) is 1. The average Bonchev–Trinajstić information content (AvgIpc) is 2.47. The third kappa shape index (κ3) is 2.77. The van der Waals surface area contributed by atoms with Crippen LogP contribution in [-0.2, 0) is 14.8 Å². The predicted octanol–water partition coefficient (Wildman–Crippen LogP) is 0.447. The number of nitrogens with one attached hydrogen (secondary N) is 1. The molecule has 1 heterocycles. The summed E-state index contributed by atoms with van der Waals surface area (Å²) in [6, 6.07) is 4.04. The summed E-state index contributed by atoms with van der Waals surface area (Å²) in [4.78, 5) is 11.1. The van der Waals surface area contributed by atoms with Gasteiger partial charge in [0.05, 0.1) is 23.7 Å². The number of benzene rings is 1. The van der Waals surface area contributed by atoms with E-state index in [9.17, 15) is 13.2 Å². The molecule has 1 aromatic rings. The van der Waals surface area contributed by atoms with Gasteiger partial charge in [-0.3, -0.25) is 0 Å². The molecule has 20 heavy (non-hydrogen) atoms. The van der Waals surface area contributed by atoms with Crippen LogP contribution in [0, 0.1) is 0 Å². The molecule has 0 atom stereocenters. The second-order valence-electron chi connectivity index (χ2n) is 4.28. The lowest BCUT2D eigenvalue weighted by Crippen LogP contribution is -2.40. The summed E-state index contributed by atoms with van der Waals surface area (Å²) in [5, 5.41) is 11.9. The van der Waals surface area contributed by atoms with Crippen molar-refractivity contribution in [2.45, 2.75) is 4.90 Å². The maximum Gasteiger partial charge on any atom is 0.337 e. The topological polar surface area (TPSA) is 95.9 Å². The van der Waals surface area contributed by atoms with Crippen LogP contribution in [0.2, 0.25) is 0 Å². The molecule has 7 nitrogen and oxygen atoms in total. The smallest absolute Gasteiger partial charge is 0.337 e. The standard InChI is InChI=1S/C12H16N2O5S/c1-13-11-3-2-9(8-10(11)12(15)16)20(17,18)14-4-6-19-7-5-14/h2-3,8,13H,4-7H2,1H3,(H,15,16). The number of sulfonamides is 1. The highest BCUT2D eigenvalue weighted by atomic mass is 32.2. The number of ether oxygens (including phenoxy) is 1. The Bertz CT molecular complexity index is 608. The molecule has 0 amide bonds. The molecule has 0 aliphatic carbocycles. The Morgan fingerprint density at radius 2 is 2.00 bits per heavy atom. The Labute approximate surface area is 117 Å². The van der Waals surface area contributed by atoms with E-state index in [0.29, 0.717) is 18.9 Å². The molecule has 1 aromatic carbocycles. The number of hydrogen-bond acceptors (Lipinski definition) is 5. The normalized spacial score (nSPS) is 16.9. The van der Waals surface area contributed by atoms with E-state index >= 15 is 0 Å². The van der Waals surface area contributed by atoms with E-state index in [0.717, 1.165) is 0 Å². The monoisotopic (exact) mass is 300 g/mol. The van der Waals surface area contributed by atoms with E-state index in [4.69, 9.17) is 9.84 Å². The van der Waals surface area contributed by atoms with E-state index in [1.165, 1.54) is 22.5 Å². The van der Waals surface area contributed by atoms with Gasteiger partial charge in [0, 0.05) is 25.8 Å². The van der Waals surface area contributed by atoms with Crippen LogP contribution in [-0.4, -0.2) is 57.1 Å². The fraction of sp³-hybridized carbons (Fsp3) is 0.417. The van der Waals surface area contributed by atoms with Crippen molar-refractivity contribution >= 4 is 21.7 Å². The van der Waals surface area contributed by atoms with E-state index in [-0.39, 0.29) is 23.5 Å². The molecule has 2 N–H and O–H groups in total. The van der Waals surface area contributed by atoms with Crippen LogP contribution in [0.4, 0.5) is 5.69 Å². The fourth-order valence-corrected chi connectivity index (χ4v) is 3.45.